The van der Waals surface area contributed by atoms with Gasteiger partial charge in [0.15, 0.2) is 5.76 Å². The van der Waals surface area contributed by atoms with Crippen molar-refractivity contribution in [1.29, 1.82) is 0 Å². The topological polar surface area (TPSA) is 62.6 Å². The SMILES string of the molecule is O=C(Nc1ccc2c(c1)Cc1ccccc1-2)C1CCCN(C(=O)c2ccco2)C1. The molecule has 1 aromatic heterocycles. The highest BCUT2D eigenvalue weighted by Gasteiger charge is 2.30. The van der Waals surface area contributed by atoms with Gasteiger partial charge in [-0.15, -0.1) is 0 Å². The normalized spacial score (nSPS) is 17.5. The van der Waals surface area contributed by atoms with Crippen LogP contribution < -0.4 is 5.32 Å². The minimum Gasteiger partial charge on any atom is -0.459 e. The van der Waals surface area contributed by atoms with Gasteiger partial charge in [-0.05, 0) is 65.8 Å². The summed E-state index contributed by atoms with van der Waals surface area (Å²) in [4.78, 5) is 27.1. The molecule has 2 heterocycles. The first-order chi connectivity index (χ1) is 14.2. The maximum atomic E-state index is 12.9. The van der Waals surface area contributed by atoms with E-state index in [4.69, 9.17) is 4.42 Å². The summed E-state index contributed by atoms with van der Waals surface area (Å²) in [6, 6.07) is 17.9. The van der Waals surface area contributed by atoms with Crippen molar-refractivity contribution in [3.63, 3.8) is 0 Å². The van der Waals surface area contributed by atoms with Crippen molar-refractivity contribution in [2.24, 2.45) is 5.92 Å². The van der Waals surface area contributed by atoms with Crippen molar-refractivity contribution >= 4 is 17.5 Å². The second-order valence-electron chi connectivity index (χ2n) is 7.76. The summed E-state index contributed by atoms with van der Waals surface area (Å²) in [6.45, 7) is 1.07. The summed E-state index contributed by atoms with van der Waals surface area (Å²) in [5, 5.41) is 3.06. The molecule has 1 saturated heterocycles. The highest BCUT2D eigenvalue weighted by molar-refractivity contribution is 5.95. The minimum absolute atomic E-state index is 0.0302. The van der Waals surface area contributed by atoms with Crippen LogP contribution in [0.3, 0.4) is 0 Å². The van der Waals surface area contributed by atoms with E-state index in [1.54, 1.807) is 17.0 Å². The monoisotopic (exact) mass is 386 g/mol. The number of hydrogen-bond acceptors (Lipinski definition) is 3. The number of nitrogens with one attached hydrogen (secondary N) is 1. The number of carbonyl (C=O) groups excluding carboxylic acids is 2. The lowest BCUT2D eigenvalue weighted by Crippen LogP contribution is -2.43. The van der Waals surface area contributed by atoms with Gasteiger partial charge in [-0.25, -0.2) is 0 Å². The van der Waals surface area contributed by atoms with Gasteiger partial charge >= 0.3 is 0 Å². The van der Waals surface area contributed by atoms with Gasteiger partial charge in [0.2, 0.25) is 5.91 Å². The Morgan fingerprint density at radius 3 is 2.72 bits per heavy atom. The molecule has 1 aliphatic heterocycles. The number of benzene rings is 2. The first kappa shape index (κ1) is 17.7. The molecule has 2 amide bonds. The predicted octanol–water partition coefficient (Wildman–Crippen LogP) is 4.34. The molecule has 5 heteroatoms. The van der Waals surface area contributed by atoms with Crippen LogP contribution in [0.25, 0.3) is 11.1 Å². The van der Waals surface area contributed by atoms with Gasteiger partial charge in [0.1, 0.15) is 0 Å². The standard InChI is InChI=1S/C24H22N2O3/c27-23(17-6-3-11-26(15-17)24(28)22-8-4-12-29-22)25-19-9-10-21-18(14-19)13-16-5-1-2-7-20(16)21/h1-2,4-5,7-10,12,14,17H,3,6,11,13,15H2,(H,25,27). The van der Waals surface area contributed by atoms with E-state index in [1.807, 2.05) is 6.07 Å². The highest BCUT2D eigenvalue weighted by atomic mass is 16.3. The highest BCUT2D eigenvalue weighted by Crippen LogP contribution is 2.37. The molecule has 0 bridgehead atoms. The maximum Gasteiger partial charge on any atom is 0.289 e. The molecule has 3 aromatic rings. The molecule has 2 aliphatic rings. The van der Waals surface area contributed by atoms with Crippen LogP contribution in [0, 0.1) is 5.92 Å². The van der Waals surface area contributed by atoms with Crippen molar-refractivity contribution in [2.75, 3.05) is 18.4 Å². The van der Waals surface area contributed by atoms with E-state index >= 15 is 0 Å². The fourth-order valence-corrected chi connectivity index (χ4v) is 4.40. The smallest absolute Gasteiger partial charge is 0.289 e. The number of nitrogens with zero attached hydrogens (tertiary/aromatic N) is 1. The lowest BCUT2D eigenvalue weighted by atomic mass is 9.96. The first-order valence-electron chi connectivity index (χ1n) is 10.0. The van der Waals surface area contributed by atoms with E-state index in [1.165, 1.54) is 28.5 Å². The summed E-state index contributed by atoms with van der Waals surface area (Å²) in [5.74, 6) is -0.0717. The second kappa shape index (κ2) is 7.24. The lowest BCUT2D eigenvalue weighted by Gasteiger charge is -2.31. The zero-order chi connectivity index (χ0) is 19.8. The van der Waals surface area contributed by atoms with Crippen LogP contribution in [0.4, 0.5) is 5.69 Å². The van der Waals surface area contributed by atoms with Crippen molar-refractivity contribution in [3.8, 4) is 11.1 Å². The molecule has 0 saturated carbocycles. The van der Waals surface area contributed by atoms with E-state index in [2.05, 4.69) is 41.7 Å². The van der Waals surface area contributed by atoms with Crippen LogP contribution in [0.2, 0.25) is 0 Å². The molecule has 1 atom stereocenters. The Labute approximate surface area is 169 Å². The van der Waals surface area contributed by atoms with Crippen molar-refractivity contribution < 1.29 is 14.0 Å². The van der Waals surface area contributed by atoms with Crippen LogP contribution in [0.5, 0.6) is 0 Å². The van der Waals surface area contributed by atoms with Crippen LogP contribution >= 0.6 is 0 Å². The fraction of sp³-hybridized carbons (Fsp3) is 0.250. The average molecular weight is 386 g/mol. The van der Waals surface area contributed by atoms with E-state index in [0.717, 1.165) is 24.9 Å². The molecule has 29 heavy (non-hydrogen) atoms. The predicted molar refractivity (Wildman–Crippen MR) is 111 cm³/mol. The second-order valence-corrected chi connectivity index (χ2v) is 7.76. The summed E-state index contributed by atoms with van der Waals surface area (Å²) < 4.78 is 5.22. The van der Waals surface area contributed by atoms with Crippen LogP contribution in [0.15, 0.2) is 65.3 Å². The molecule has 1 unspecified atom stereocenters. The number of fused-ring (bicyclic) bond motifs is 3. The molecule has 2 aromatic carbocycles. The number of hydrogen-bond donors (Lipinski definition) is 1. The third-order valence-corrected chi connectivity index (χ3v) is 5.87. The molecule has 1 N–H and O–H groups in total. The largest absolute Gasteiger partial charge is 0.459 e. The summed E-state index contributed by atoms with van der Waals surface area (Å²) in [6.07, 6.45) is 3.98. The Balaban J connectivity index is 1.27. The first-order valence-corrected chi connectivity index (χ1v) is 10.0. The zero-order valence-corrected chi connectivity index (χ0v) is 16.1. The fourth-order valence-electron chi connectivity index (χ4n) is 4.40. The number of rotatable bonds is 3. The number of anilines is 1. The summed E-state index contributed by atoms with van der Waals surface area (Å²) in [5.41, 5.74) is 5.90. The van der Waals surface area contributed by atoms with Crippen LogP contribution in [0.1, 0.15) is 34.5 Å². The molecule has 5 rings (SSSR count). The van der Waals surface area contributed by atoms with E-state index in [-0.39, 0.29) is 17.7 Å². The maximum absolute atomic E-state index is 12.9. The lowest BCUT2D eigenvalue weighted by molar-refractivity contribution is -0.121. The van der Waals surface area contributed by atoms with Gasteiger partial charge in [-0.3, -0.25) is 9.59 Å². The number of furan rings is 1. The Hall–Kier alpha value is -3.34. The summed E-state index contributed by atoms with van der Waals surface area (Å²) >= 11 is 0. The van der Waals surface area contributed by atoms with Crippen molar-refractivity contribution in [2.45, 2.75) is 19.3 Å². The third kappa shape index (κ3) is 3.33. The van der Waals surface area contributed by atoms with Crippen molar-refractivity contribution in [1.82, 2.24) is 4.90 Å². The van der Waals surface area contributed by atoms with Crippen LogP contribution in [-0.2, 0) is 11.2 Å². The van der Waals surface area contributed by atoms with E-state index < -0.39 is 0 Å². The number of piperidine rings is 1. The molecular formula is C24H22N2O3. The van der Waals surface area contributed by atoms with E-state index in [0.29, 0.717) is 18.8 Å². The number of carbonyl (C=O) groups is 2. The van der Waals surface area contributed by atoms with Gasteiger partial charge in [-0.1, -0.05) is 30.3 Å². The quantitative estimate of drug-likeness (QED) is 0.570. The molecule has 0 spiro atoms. The van der Waals surface area contributed by atoms with Crippen molar-refractivity contribution in [3.05, 3.63) is 77.7 Å². The minimum atomic E-state index is -0.215. The Bertz CT molecular complexity index is 1070. The van der Waals surface area contributed by atoms with Gasteiger partial charge in [0, 0.05) is 18.8 Å². The molecule has 0 radical (unpaired) electrons. The van der Waals surface area contributed by atoms with Gasteiger partial charge in [-0.2, -0.15) is 0 Å². The molecule has 5 nitrogen and oxygen atoms in total. The molecule has 1 fully saturated rings. The van der Waals surface area contributed by atoms with Crippen LogP contribution in [-0.4, -0.2) is 29.8 Å². The summed E-state index contributed by atoms with van der Waals surface area (Å²) in [7, 11) is 0. The molecular weight excluding hydrogens is 364 g/mol. The third-order valence-electron chi connectivity index (χ3n) is 5.87. The van der Waals surface area contributed by atoms with Gasteiger partial charge in [0.25, 0.3) is 5.91 Å². The zero-order valence-electron chi connectivity index (χ0n) is 16.1. The van der Waals surface area contributed by atoms with Gasteiger partial charge in [0.05, 0.1) is 12.2 Å². The Morgan fingerprint density at radius 1 is 1.00 bits per heavy atom. The number of likely N-dealkylation sites (tertiary alicyclic amines) is 1. The van der Waals surface area contributed by atoms with E-state index in [9.17, 15) is 9.59 Å². The Kier molecular flexibility index (Phi) is 4.43. The molecule has 1 aliphatic carbocycles. The Morgan fingerprint density at radius 2 is 1.86 bits per heavy atom. The number of amides is 2. The van der Waals surface area contributed by atoms with Gasteiger partial charge < -0.3 is 14.6 Å². The average Bonchev–Trinajstić information content (AvgIpc) is 3.41. The molecule has 146 valence electrons.